The first-order chi connectivity index (χ1) is 7.22. The SMILES string of the molecule is COCOC(=O)CCc1ccc(N)cc1. The lowest BCUT2D eigenvalue weighted by atomic mass is 10.1. The number of rotatable bonds is 5. The first-order valence-corrected chi connectivity index (χ1v) is 4.71. The number of aryl methyl sites for hydroxylation is 1. The summed E-state index contributed by atoms with van der Waals surface area (Å²) in [5, 5.41) is 0. The molecule has 1 aromatic rings. The van der Waals surface area contributed by atoms with Gasteiger partial charge in [-0.1, -0.05) is 12.1 Å². The molecule has 0 atom stereocenters. The fraction of sp³-hybridized carbons (Fsp3) is 0.364. The van der Waals surface area contributed by atoms with E-state index in [1.807, 2.05) is 24.3 Å². The van der Waals surface area contributed by atoms with Gasteiger partial charge in [-0.2, -0.15) is 0 Å². The molecule has 0 aliphatic heterocycles. The fourth-order valence-corrected chi connectivity index (χ4v) is 1.13. The van der Waals surface area contributed by atoms with Crippen LogP contribution in [0.25, 0.3) is 0 Å². The molecule has 0 aromatic heterocycles. The Morgan fingerprint density at radius 3 is 2.60 bits per heavy atom. The van der Waals surface area contributed by atoms with Crippen LogP contribution in [0.3, 0.4) is 0 Å². The Morgan fingerprint density at radius 2 is 2.00 bits per heavy atom. The summed E-state index contributed by atoms with van der Waals surface area (Å²) in [7, 11) is 1.48. The monoisotopic (exact) mass is 209 g/mol. The van der Waals surface area contributed by atoms with Crippen molar-refractivity contribution in [2.24, 2.45) is 0 Å². The topological polar surface area (TPSA) is 61.5 Å². The van der Waals surface area contributed by atoms with Crippen molar-refractivity contribution in [3.05, 3.63) is 29.8 Å². The second-order valence-electron chi connectivity index (χ2n) is 3.16. The van der Waals surface area contributed by atoms with Gasteiger partial charge < -0.3 is 15.2 Å². The molecule has 4 heteroatoms. The van der Waals surface area contributed by atoms with Crippen molar-refractivity contribution < 1.29 is 14.3 Å². The van der Waals surface area contributed by atoms with Crippen LogP contribution < -0.4 is 5.73 Å². The number of benzene rings is 1. The van der Waals surface area contributed by atoms with Crippen LogP contribution in [0.15, 0.2) is 24.3 Å². The highest BCUT2D eigenvalue weighted by Crippen LogP contribution is 2.07. The molecule has 4 nitrogen and oxygen atoms in total. The third kappa shape index (κ3) is 4.46. The van der Waals surface area contributed by atoms with E-state index in [1.54, 1.807) is 0 Å². The molecular formula is C11H15NO3. The number of hydrogen-bond donors (Lipinski definition) is 1. The molecule has 0 unspecified atom stereocenters. The molecule has 15 heavy (non-hydrogen) atoms. The van der Waals surface area contributed by atoms with Crippen LogP contribution >= 0.6 is 0 Å². The summed E-state index contributed by atoms with van der Waals surface area (Å²) < 4.78 is 9.37. The average molecular weight is 209 g/mol. The summed E-state index contributed by atoms with van der Waals surface area (Å²) >= 11 is 0. The predicted molar refractivity (Wildman–Crippen MR) is 57.1 cm³/mol. The van der Waals surface area contributed by atoms with Crippen molar-refractivity contribution in [1.82, 2.24) is 0 Å². The fourth-order valence-electron chi connectivity index (χ4n) is 1.13. The molecule has 0 fully saturated rings. The number of esters is 1. The Bertz CT molecular complexity index is 308. The summed E-state index contributed by atoms with van der Waals surface area (Å²) in [6.45, 7) is 0.0145. The molecule has 0 heterocycles. The Hall–Kier alpha value is -1.55. The van der Waals surface area contributed by atoms with Crippen molar-refractivity contribution in [3.63, 3.8) is 0 Å². The van der Waals surface area contributed by atoms with Crippen LogP contribution in [0, 0.1) is 0 Å². The van der Waals surface area contributed by atoms with Crippen LogP contribution in [-0.2, 0) is 20.7 Å². The second-order valence-corrected chi connectivity index (χ2v) is 3.16. The van der Waals surface area contributed by atoms with Gasteiger partial charge in [-0.3, -0.25) is 4.79 Å². The Morgan fingerprint density at radius 1 is 1.33 bits per heavy atom. The highest BCUT2D eigenvalue weighted by Gasteiger charge is 2.02. The van der Waals surface area contributed by atoms with Gasteiger partial charge in [-0.05, 0) is 24.1 Å². The van der Waals surface area contributed by atoms with Gasteiger partial charge in [0.25, 0.3) is 0 Å². The summed E-state index contributed by atoms with van der Waals surface area (Å²) in [5.41, 5.74) is 7.33. The maximum absolute atomic E-state index is 11.1. The van der Waals surface area contributed by atoms with Gasteiger partial charge in [0.1, 0.15) is 0 Å². The van der Waals surface area contributed by atoms with Gasteiger partial charge in [-0.15, -0.1) is 0 Å². The first-order valence-electron chi connectivity index (χ1n) is 4.71. The summed E-state index contributed by atoms with van der Waals surface area (Å²) in [6, 6.07) is 7.43. The van der Waals surface area contributed by atoms with E-state index >= 15 is 0 Å². The lowest BCUT2D eigenvalue weighted by Crippen LogP contribution is -2.07. The Kier molecular flexibility index (Phi) is 4.63. The van der Waals surface area contributed by atoms with Crippen LogP contribution in [0.1, 0.15) is 12.0 Å². The molecule has 82 valence electrons. The molecule has 0 aliphatic carbocycles. The maximum atomic E-state index is 11.1. The molecule has 0 radical (unpaired) electrons. The molecule has 0 aliphatic rings. The van der Waals surface area contributed by atoms with E-state index in [0.717, 1.165) is 11.3 Å². The van der Waals surface area contributed by atoms with Crippen LogP contribution in [0.2, 0.25) is 0 Å². The van der Waals surface area contributed by atoms with E-state index in [1.165, 1.54) is 7.11 Å². The Balaban J connectivity index is 2.30. The van der Waals surface area contributed by atoms with Gasteiger partial charge in [0.05, 0.1) is 0 Å². The van der Waals surface area contributed by atoms with Crippen molar-refractivity contribution in [2.75, 3.05) is 19.6 Å². The molecule has 0 saturated carbocycles. The molecule has 2 N–H and O–H groups in total. The molecule has 0 saturated heterocycles. The number of nitrogen functional groups attached to an aromatic ring is 1. The van der Waals surface area contributed by atoms with Gasteiger partial charge in [-0.25, -0.2) is 0 Å². The lowest BCUT2D eigenvalue weighted by Gasteiger charge is -2.03. The zero-order valence-electron chi connectivity index (χ0n) is 8.73. The van der Waals surface area contributed by atoms with Crippen LogP contribution in [-0.4, -0.2) is 19.9 Å². The molecule has 0 spiro atoms. The molecular weight excluding hydrogens is 194 g/mol. The number of ether oxygens (including phenoxy) is 2. The summed E-state index contributed by atoms with van der Waals surface area (Å²) in [5.74, 6) is -0.256. The Labute approximate surface area is 89.0 Å². The molecule has 1 aromatic carbocycles. The highest BCUT2D eigenvalue weighted by atomic mass is 16.7. The predicted octanol–water partition coefficient (Wildman–Crippen LogP) is 1.35. The third-order valence-corrected chi connectivity index (χ3v) is 1.94. The minimum atomic E-state index is -0.256. The standard InChI is InChI=1S/C11H15NO3/c1-14-8-15-11(13)7-4-9-2-5-10(12)6-3-9/h2-3,5-6H,4,7-8,12H2,1H3. The minimum Gasteiger partial charge on any atom is -0.438 e. The summed E-state index contributed by atoms with van der Waals surface area (Å²) in [6.07, 6.45) is 1.01. The van der Waals surface area contributed by atoms with Crippen LogP contribution in [0.4, 0.5) is 5.69 Å². The molecule has 1 rings (SSSR count). The smallest absolute Gasteiger partial charge is 0.308 e. The highest BCUT2D eigenvalue weighted by molar-refractivity contribution is 5.69. The number of carbonyl (C=O) groups is 1. The minimum absolute atomic E-state index is 0.0145. The first kappa shape index (κ1) is 11.5. The maximum Gasteiger partial charge on any atom is 0.308 e. The summed E-state index contributed by atoms with van der Waals surface area (Å²) in [4.78, 5) is 11.1. The lowest BCUT2D eigenvalue weighted by molar-refractivity contribution is -0.153. The van der Waals surface area contributed by atoms with Crippen molar-refractivity contribution >= 4 is 11.7 Å². The third-order valence-electron chi connectivity index (χ3n) is 1.94. The van der Waals surface area contributed by atoms with Gasteiger partial charge in [0.15, 0.2) is 6.79 Å². The van der Waals surface area contributed by atoms with Gasteiger partial charge in [0, 0.05) is 19.2 Å². The molecule has 0 bridgehead atoms. The van der Waals surface area contributed by atoms with E-state index in [-0.39, 0.29) is 12.8 Å². The zero-order valence-corrected chi connectivity index (χ0v) is 8.73. The van der Waals surface area contributed by atoms with Crippen molar-refractivity contribution in [3.8, 4) is 0 Å². The second kappa shape index (κ2) is 6.03. The van der Waals surface area contributed by atoms with E-state index in [9.17, 15) is 4.79 Å². The number of anilines is 1. The van der Waals surface area contributed by atoms with E-state index < -0.39 is 0 Å². The number of hydrogen-bond acceptors (Lipinski definition) is 4. The van der Waals surface area contributed by atoms with Gasteiger partial charge in [0.2, 0.25) is 0 Å². The number of nitrogens with two attached hydrogens (primary N) is 1. The quantitative estimate of drug-likeness (QED) is 0.451. The number of carbonyl (C=O) groups excluding carboxylic acids is 1. The van der Waals surface area contributed by atoms with E-state index in [4.69, 9.17) is 10.5 Å². The average Bonchev–Trinajstić information content (AvgIpc) is 2.25. The molecule has 0 amide bonds. The van der Waals surface area contributed by atoms with Crippen molar-refractivity contribution in [1.29, 1.82) is 0 Å². The largest absolute Gasteiger partial charge is 0.438 e. The van der Waals surface area contributed by atoms with E-state index in [2.05, 4.69) is 4.74 Å². The van der Waals surface area contributed by atoms with E-state index in [0.29, 0.717) is 12.8 Å². The zero-order chi connectivity index (χ0) is 11.1. The van der Waals surface area contributed by atoms with Crippen molar-refractivity contribution in [2.45, 2.75) is 12.8 Å². The van der Waals surface area contributed by atoms with Gasteiger partial charge >= 0.3 is 5.97 Å². The number of methoxy groups -OCH3 is 1. The normalized spacial score (nSPS) is 9.93. The van der Waals surface area contributed by atoms with Crippen LogP contribution in [0.5, 0.6) is 0 Å².